The van der Waals surface area contributed by atoms with E-state index in [1.54, 1.807) is 0 Å². The van der Waals surface area contributed by atoms with Crippen LogP contribution in [0.15, 0.2) is 0 Å². The molecule has 0 bridgehead atoms. The van der Waals surface area contributed by atoms with Gasteiger partial charge < -0.3 is 0 Å². The van der Waals surface area contributed by atoms with Crippen LogP contribution in [0.4, 0.5) is 0 Å². The van der Waals surface area contributed by atoms with Crippen LogP contribution in [0.1, 0.15) is 40.4 Å². The minimum Gasteiger partial charge on any atom is -0.0622 e. The van der Waals surface area contributed by atoms with E-state index in [2.05, 4.69) is 6.92 Å². The zero-order chi connectivity index (χ0) is 8.84. The maximum absolute atomic E-state index is 8.38. The summed E-state index contributed by atoms with van der Waals surface area (Å²) in [6, 6.07) is 0. The van der Waals surface area contributed by atoms with Crippen molar-refractivity contribution in [2.45, 2.75) is 39.0 Å². The summed E-state index contributed by atoms with van der Waals surface area (Å²) < 4.78 is 8.38. The number of rotatable bonds is 0. The van der Waals surface area contributed by atoms with Gasteiger partial charge in [0.15, 0.2) is 0 Å². The highest BCUT2D eigenvalue weighted by molar-refractivity contribution is 5.23. The Balaban J connectivity index is 1.83. The van der Waals surface area contributed by atoms with E-state index >= 15 is 0 Å². The van der Waals surface area contributed by atoms with Crippen molar-refractivity contribution in [3.63, 3.8) is 0 Å². The predicted octanol–water partition coefficient (Wildman–Crippen LogP) is 3.08. The third-order valence-electron chi connectivity index (χ3n) is 5.84. The Kier molecular flexibility index (Phi) is 0.769. The Morgan fingerprint density at radius 2 is 1.83 bits per heavy atom. The van der Waals surface area contributed by atoms with E-state index in [0.717, 1.165) is 29.1 Å². The van der Waals surface area contributed by atoms with E-state index in [1.807, 2.05) is 0 Å². The van der Waals surface area contributed by atoms with Crippen molar-refractivity contribution in [2.24, 2.45) is 35.0 Å². The first-order valence-corrected chi connectivity index (χ1v) is 5.65. The van der Waals surface area contributed by atoms with E-state index in [4.69, 9.17) is 1.37 Å². The Hall–Kier alpha value is 0. The van der Waals surface area contributed by atoms with Gasteiger partial charge in [0.25, 0.3) is 0 Å². The Morgan fingerprint density at radius 3 is 2.50 bits per heavy atom. The largest absolute Gasteiger partial charge is 0.0622 e. The van der Waals surface area contributed by atoms with Crippen LogP contribution in [0, 0.1) is 35.0 Å². The normalized spacial score (nSPS) is 78.6. The summed E-state index contributed by atoms with van der Waals surface area (Å²) in [5.74, 6) is 3.87. The molecular formula is C12H18. The summed E-state index contributed by atoms with van der Waals surface area (Å²) in [6.07, 6.45) is 7.14. The quantitative estimate of drug-likeness (QED) is 0.515. The highest BCUT2D eigenvalue weighted by atomic mass is 14.8. The third kappa shape index (κ3) is 0.400. The Labute approximate surface area is 76.1 Å². The molecule has 12 heavy (non-hydrogen) atoms. The van der Waals surface area contributed by atoms with Gasteiger partial charge in [-0.1, -0.05) is 6.92 Å². The molecule has 1 spiro atoms. The average Bonchev–Trinajstić information content (AvgIpc) is 2.23. The molecule has 6 atom stereocenters. The van der Waals surface area contributed by atoms with Gasteiger partial charge in [-0.2, -0.15) is 0 Å². The van der Waals surface area contributed by atoms with Crippen LogP contribution < -0.4 is 0 Å². The van der Waals surface area contributed by atoms with E-state index in [-0.39, 0.29) is 5.89 Å². The second-order valence-corrected chi connectivity index (χ2v) is 5.74. The molecule has 0 heteroatoms. The lowest BCUT2D eigenvalue weighted by Gasteiger charge is -2.63. The lowest BCUT2D eigenvalue weighted by Crippen LogP contribution is -2.57. The van der Waals surface area contributed by atoms with Gasteiger partial charge in [-0.25, -0.2) is 0 Å². The molecule has 0 aromatic rings. The van der Waals surface area contributed by atoms with E-state index in [9.17, 15) is 0 Å². The molecule has 4 aliphatic carbocycles. The molecule has 0 aromatic heterocycles. The van der Waals surface area contributed by atoms with E-state index in [1.165, 1.54) is 32.1 Å². The molecule has 4 fully saturated rings. The monoisotopic (exact) mass is 163 g/mol. The molecule has 4 saturated carbocycles. The van der Waals surface area contributed by atoms with Crippen LogP contribution in [-0.2, 0) is 0 Å². The van der Waals surface area contributed by atoms with Gasteiger partial charge in [0.2, 0.25) is 0 Å². The van der Waals surface area contributed by atoms with Crippen LogP contribution in [-0.4, -0.2) is 0 Å². The smallest absolute Gasteiger partial charge is 0.0303 e. The molecular weight excluding hydrogens is 144 g/mol. The molecule has 0 N–H and O–H groups in total. The van der Waals surface area contributed by atoms with Crippen molar-refractivity contribution in [2.75, 3.05) is 0 Å². The van der Waals surface area contributed by atoms with Crippen molar-refractivity contribution < 1.29 is 1.37 Å². The molecule has 0 aromatic carbocycles. The third-order valence-corrected chi connectivity index (χ3v) is 5.84. The first-order valence-electron chi connectivity index (χ1n) is 6.15. The highest BCUT2D eigenvalue weighted by Gasteiger charge is 2.74. The average molecular weight is 163 g/mol. The van der Waals surface area contributed by atoms with Gasteiger partial charge in [-0.3, -0.25) is 0 Å². The van der Waals surface area contributed by atoms with Crippen molar-refractivity contribution in [3.05, 3.63) is 0 Å². The van der Waals surface area contributed by atoms with Crippen molar-refractivity contribution >= 4 is 0 Å². The van der Waals surface area contributed by atoms with Gasteiger partial charge in [0, 0.05) is 1.37 Å². The van der Waals surface area contributed by atoms with Crippen molar-refractivity contribution in [1.29, 1.82) is 0 Å². The van der Waals surface area contributed by atoms with Crippen LogP contribution >= 0.6 is 0 Å². The standard InChI is InChI=1S/C12H18/c1-7-4-10-5-8-2-3-9-6-11(7)12(8,9)10/h7-11H,2-6H2,1H3/t7-,8?,9?,10?,11?,12?/m0/s1/i7D. The molecule has 4 rings (SSSR count). The summed E-state index contributed by atoms with van der Waals surface area (Å²) in [7, 11) is 0. The molecule has 4 aliphatic rings. The molecule has 66 valence electrons. The first-order chi connectivity index (χ1) is 6.15. The maximum Gasteiger partial charge on any atom is 0.0303 e. The zero-order valence-electron chi connectivity index (χ0n) is 8.84. The minimum atomic E-state index is -0.0414. The predicted molar refractivity (Wildman–Crippen MR) is 48.6 cm³/mol. The zero-order valence-corrected chi connectivity index (χ0v) is 7.84. The molecule has 0 amide bonds. The summed E-state index contributed by atoms with van der Waals surface area (Å²) in [6.45, 7) is 2.20. The lowest BCUT2D eigenvalue weighted by molar-refractivity contribution is -0.151. The lowest BCUT2D eigenvalue weighted by atomic mass is 9.42. The summed E-state index contributed by atoms with van der Waals surface area (Å²) in [5, 5.41) is 0. The molecule has 0 nitrogen and oxygen atoms in total. The SMILES string of the molecule is [2H][C@]1(C)CC2CC3CCC4CC1C342. The Bertz CT molecular complexity index is 275. The fourth-order valence-corrected chi connectivity index (χ4v) is 5.53. The minimum absolute atomic E-state index is 0.0414. The van der Waals surface area contributed by atoms with E-state index in [0.29, 0.717) is 0 Å². The topological polar surface area (TPSA) is 0 Å². The second kappa shape index (κ2) is 1.63. The second-order valence-electron chi connectivity index (χ2n) is 5.74. The fourth-order valence-electron chi connectivity index (χ4n) is 5.53. The fraction of sp³-hybridized carbons (Fsp3) is 1.00. The number of hydrogen-bond donors (Lipinski definition) is 0. The number of hydrogen-bond acceptors (Lipinski definition) is 0. The van der Waals surface area contributed by atoms with Gasteiger partial charge in [0.1, 0.15) is 0 Å². The van der Waals surface area contributed by atoms with Gasteiger partial charge >= 0.3 is 0 Å². The van der Waals surface area contributed by atoms with Crippen molar-refractivity contribution in [1.82, 2.24) is 0 Å². The van der Waals surface area contributed by atoms with Gasteiger partial charge in [0.05, 0.1) is 0 Å². The first kappa shape index (κ1) is 5.67. The van der Waals surface area contributed by atoms with Crippen LogP contribution in [0.3, 0.4) is 0 Å². The van der Waals surface area contributed by atoms with Crippen LogP contribution in [0.25, 0.3) is 0 Å². The molecule has 0 radical (unpaired) electrons. The summed E-state index contributed by atoms with van der Waals surface area (Å²) >= 11 is 0. The molecule has 0 saturated heterocycles. The highest BCUT2D eigenvalue weighted by Crippen LogP contribution is 2.81. The maximum atomic E-state index is 8.38. The summed E-state index contributed by atoms with van der Waals surface area (Å²) in [5.41, 5.74) is 0.747. The molecule has 0 heterocycles. The van der Waals surface area contributed by atoms with E-state index < -0.39 is 0 Å². The molecule has 5 unspecified atom stereocenters. The Morgan fingerprint density at radius 1 is 1.08 bits per heavy atom. The molecule has 0 aliphatic heterocycles. The van der Waals surface area contributed by atoms with Gasteiger partial charge in [-0.15, -0.1) is 0 Å². The van der Waals surface area contributed by atoms with Crippen LogP contribution in [0.5, 0.6) is 0 Å². The summed E-state index contributed by atoms with van der Waals surface area (Å²) in [4.78, 5) is 0. The van der Waals surface area contributed by atoms with Gasteiger partial charge in [-0.05, 0) is 67.1 Å². The van der Waals surface area contributed by atoms with Crippen molar-refractivity contribution in [3.8, 4) is 0 Å². The van der Waals surface area contributed by atoms with Crippen LogP contribution in [0.2, 0.25) is 0 Å².